The number of carbonyl (C=O) groups is 1. The van der Waals surface area contributed by atoms with E-state index in [0.717, 1.165) is 41.3 Å². The van der Waals surface area contributed by atoms with E-state index in [0.29, 0.717) is 11.0 Å². The van der Waals surface area contributed by atoms with Gasteiger partial charge in [-0.05, 0) is 104 Å². The Kier molecular flexibility index (Phi) is 5.48. The van der Waals surface area contributed by atoms with Gasteiger partial charge in [0.05, 0.1) is 10.4 Å². The van der Waals surface area contributed by atoms with Crippen molar-refractivity contribution in [1.29, 1.82) is 0 Å². The lowest BCUT2D eigenvalue weighted by Gasteiger charge is -2.57. The fourth-order valence-corrected chi connectivity index (χ4v) is 8.27. The van der Waals surface area contributed by atoms with E-state index in [4.69, 9.17) is 4.98 Å². The van der Waals surface area contributed by atoms with Crippen molar-refractivity contribution >= 4 is 23.0 Å². The van der Waals surface area contributed by atoms with E-state index in [1.807, 2.05) is 18.3 Å². The third kappa shape index (κ3) is 3.84. The van der Waals surface area contributed by atoms with E-state index in [1.54, 1.807) is 23.5 Å². The molecule has 4 fully saturated rings. The lowest BCUT2D eigenvalue weighted by molar-refractivity contribution is -0.00489. The third-order valence-electron chi connectivity index (χ3n) is 8.36. The molecule has 0 amide bonds. The summed E-state index contributed by atoms with van der Waals surface area (Å²) in [6, 6.07) is 14.1. The van der Waals surface area contributed by atoms with Crippen LogP contribution in [-0.4, -0.2) is 22.6 Å². The van der Waals surface area contributed by atoms with Crippen molar-refractivity contribution in [2.24, 2.45) is 17.8 Å². The zero-order chi connectivity index (χ0) is 23.3. The lowest BCUT2D eigenvalue weighted by atomic mass is 9.47. The van der Waals surface area contributed by atoms with Gasteiger partial charge in [0, 0.05) is 24.0 Å². The van der Waals surface area contributed by atoms with Crippen LogP contribution in [0.1, 0.15) is 67.8 Å². The van der Waals surface area contributed by atoms with Gasteiger partial charge in [-0.1, -0.05) is 25.1 Å². The van der Waals surface area contributed by atoms with Gasteiger partial charge in [0.15, 0.2) is 0 Å². The third-order valence-corrected chi connectivity index (χ3v) is 9.44. The summed E-state index contributed by atoms with van der Waals surface area (Å²) in [7, 11) is 0. The van der Waals surface area contributed by atoms with E-state index in [2.05, 4.69) is 30.4 Å². The second kappa shape index (κ2) is 8.53. The molecule has 176 valence electrons. The van der Waals surface area contributed by atoms with Crippen LogP contribution < -0.4 is 5.32 Å². The average Bonchev–Trinajstić information content (AvgIpc) is 3.32. The Morgan fingerprint density at radius 3 is 2.35 bits per heavy atom. The number of anilines is 1. The predicted octanol–water partition coefficient (Wildman–Crippen LogP) is 7.47. The Morgan fingerprint density at radius 1 is 1.06 bits per heavy atom. The minimum Gasteiger partial charge on any atom is -0.478 e. The number of nitrogens with zero attached hydrogens (tertiary/aromatic N) is 1. The van der Waals surface area contributed by atoms with Crippen LogP contribution in [0.25, 0.3) is 21.0 Å². The monoisotopic (exact) mass is 472 g/mol. The van der Waals surface area contributed by atoms with E-state index in [1.165, 1.54) is 60.2 Å². The summed E-state index contributed by atoms with van der Waals surface area (Å²) in [6.07, 6.45) is 11.5. The highest BCUT2D eigenvalue weighted by atomic mass is 32.1. The molecule has 2 N–H and O–H groups in total. The normalized spacial score (nSPS) is 27.1. The van der Waals surface area contributed by atoms with Gasteiger partial charge in [-0.2, -0.15) is 0 Å². The maximum absolute atomic E-state index is 11.2. The molecule has 4 bridgehead atoms. The molecule has 0 radical (unpaired) electrons. The van der Waals surface area contributed by atoms with Gasteiger partial charge in [0.25, 0.3) is 0 Å². The van der Waals surface area contributed by atoms with E-state index in [-0.39, 0.29) is 0 Å². The Hall–Kier alpha value is -2.66. The van der Waals surface area contributed by atoms with Crippen molar-refractivity contribution < 1.29 is 9.90 Å². The first-order valence-electron chi connectivity index (χ1n) is 12.7. The van der Waals surface area contributed by atoms with Gasteiger partial charge in [-0.3, -0.25) is 0 Å². The van der Waals surface area contributed by atoms with Crippen molar-refractivity contribution in [1.82, 2.24) is 4.98 Å². The van der Waals surface area contributed by atoms with Crippen LogP contribution in [-0.2, 0) is 5.41 Å². The molecule has 3 aromatic rings. The molecule has 0 unspecified atom stereocenters. The Labute approximate surface area is 205 Å². The maximum Gasteiger partial charge on any atom is 0.335 e. The maximum atomic E-state index is 11.2. The highest BCUT2D eigenvalue weighted by Gasteiger charge is 2.52. The van der Waals surface area contributed by atoms with Crippen LogP contribution in [0.5, 0.6) is 0 Å². The first kappa shape index (κ1) is 21.8. The highest BCUT2D eigenvalue weighted by Crippen LogP contribution is 2.62. The van der Waals surface area contributed by atoms with Crippen molar-refractivity contribution in [2.75, 3.05) is 11.9 Å². The second-order valence-electron chi connectivity index (χ2n) is 10.8. The molecule has 5 heteroatoms. The predicted molar refractivity (Wildman–Crippen MR) is 139 cm³/mol. The molecule has 0 atom stereocenters. The standard InChI is InChI=1S/C29H32N2O2S/c1-2-9-30-23-7-8-24(25(13-23)29-14-18-10-19(15-29)12-20(11-18)16-29)26-17-31-27(34-26)21-3-5-22(6-4-21)28(32)33/h3-8,13,17-20,30H,2,9-12,14-16H2,1H3,(H,32,33). The summed E-state index contributed by atoms with van der Waals surface area (Å²) in [5.41, 5.74) is 5.70. The van der Waals surface area contributed by atoms with Crippen LogP contribution in [0.3, 0.4) is 0 Å². The number of aromatic carboxylic acids is 1. The van der Waals surface area contributed by atoms with Crippen molar-refractivity contribution in [3.8, 4) is 21.0 Å². The molecular weight excluding hydrogens is 440 g/mol. The van der Waals surface area contributed by atoms with Crippen molar-refractivity contribution in [2.45, 2.75) is 57.3 Å². The van der Waals surface area contributed by atoms with Gasteiger partial charge in [-0.15, -0.1) is 11.3 Å². The Balaban J connectivity index is 1.39. The lowest BCUT2D eigenvalue weighted by Crippen LogP contribution is -2.48. The summed E-state index contributed by atoms with van der Waals surface area (Å²) in [6.45, 7) is 3.21. The molecule has 2 aromatic carbocycles. The largest absolute Gasteiger partial charge is 0.478 e. The summed E-state index contributed by atoms with van der Waals surface area (Å²) in [4.78, 5) is 17.2. The summed E-state index contributed by atoms with van der Waals surface area (Å²) in [5, 5.41) is 13.8. The molecule has 7 rings (SSSR count). The minimum absolute atomic E-state index is 0.305. The van der Waals surface area contributed by atoms with Crippen molar-refractivity contribution in [3.05, 3.63) is 59.8 Å². The van der Waals surface area contributed by atoms with Crippen LogP contribution in [0.2, 0.25) is 0 Å². The number of aromatic nitrogens is 1. The van der Waals surface area contributed by atoms with Gasteiger partial charge in [0.2, 0.25) is 0 Å². The quantitative estimate of drug-likeness (QED) is 0.374. The molecule has 4 nitrogen and oxygen atoms in total. The number of hydrogen-bond donors (Lipinski definition) is 2. The zero-order valence-electron chi connectivity index (χ0n) is 19.7. The van der Waals surface area contributed by atoms with E-state index < -0.39 is 5.97 Å². The molecule has 0 spiro atoms. The number of rotatable bonds is 7. The molecule has 4 aliphatic carbocycles. The fraction of sp³-hybridized carbons (Fsp3) is 0.448. The van der Waals surface area contributed by atoms with Crippen LogP contribution in [0.4, 0.5) is 5.69 Å². The number of benzene rings is 2. The summed E-state index contributed by atoms with van der Waals surface area (Å²) >= 11 is 1.72. The first-order chi connectivity index (χ1) is 16.5. The molecule has 0 aliphatic heterocycles. The topological polar surface area (TPSA) is 62.2 Å². The number of carboxylic acid groups (broad SMARTS) is 1. The van der Waals surface area contributed by atoms with E-state index >= 15 is 0 Å². The van der Waals surface area contributed by atoms with Gasteiger partial charge in [-0.25, -0.2) is 9.78 Å². The number of hydrogen-bond acceptors (Lipinski definition) is 4. The van der Waals surface area contributed by atoms with Crippen LogP contribution >= 0.6 is 11.3 Å². The van der Waals surface area contributed by atoms with E-state index in [9.17, 15) is 9.90 Å². The minimum atomic E-state index is -0.900. The summed E-state index contributed by atoms with van der Waals surface area (Å²) < 4.78 is 0. The summed E-state index contributed by atoms with van der Waals surface area (Å²) in [5.74, 6) is 1.80. The number of nitrogens with one attached hydrogen (secondary N) is 1. The van der Waals surface area contributed by atoms with Crippen molar-refractivity contribution in [3.63, 3.8) is 0 Å². The molecule has 34 heavy (non-hydrogen) atoms. The average molecular weight is 473 g/mol. The number of carboxylic acids is 1. The van der Waals surface area contributed by atoms with Crippen LogP contribution in [0.15, 0.2) is 48.7 Å². The molecule has 0 saturated heterocycles. The first-order valence-corrected chi connectivity index (χ1v) is 13.5. The molecule has 4 aliphatic rings. The fourth-order valence-electron chi connectivity index (χ4n) is 7.31. The Bertz CT molecular complexity index is 1180. The Morgan fingerprint density at radius 2 is 1.74 bits per heavy atom. The van der Waals surface area contributed by atoms with Crippen LogP contribution in [0, 0.1) is 17.8 Å². The smallest absolute Gasteiger partial charge is 0.335 e. The molecular formula is C29H32N2O2S. The number of thiazole rings is 1. The SMILES string of the molecule is CCCNc1ccc(-c2cnc(-c3ccc(C(=O)O)cc3)s2)c(C23CC4CC(CC(C4)C2)C3)c1. The second-order valence-corrected chi connectivity index (χ2v) is 11.8. The van der Waals surface area contributed by atoms with Gasteiger partial charge < -0.3 is 10.4 Å². The van der Waals surface area contributed by atoms with Gasteiger partial charge in [0.1, 0.15) is 5.01 Å². The molecule has 1 aromatic heterocycles. The molecule has 1 heterocycles. The zero-order valence-corrected chi connectivity index (χ0v) is 20.5. The highest BCUT2D eigenvalue weighted by molar-refractivity contribution is 7.18. The molecule has 4 saturated carbocycles. The van der Waals surface area contributed by atoms with Gasteiger partial charge >= 0.3 is 5.97 Å².